The average Bonchev–Trinajstić information content (AvgIpc) is 3.36. The van der Waals surface area contributed by atoms with Crippen LogP contribution in [0, 0.1) is 0 Å². The second kappa shape index (κ2) is 10.7. The lowest BCUT2D eigenvalue weighted by atomic mass is 10.2. The molecule has 1 fully saturated rings. The summed E-state index contributed by atoms with van der Waals surface area (Å²) in [5.74, 6) is 1.16. The van der Waals surface area contributed by atoms with Crippen LogP contribution in [-0.2, 0) is 9.84 Å². The first-order valence-electron chi connectivity index (χ1n) is 11.9. The minimum absolute atomic E-state index is 0.0993. The summed E-state index contributed by atoms with van der Waals surface area (Å²) >= 11 is 12.2. The Kier molecular flexibility index (Phi) is 7.33. The first-order chi connectivity index (χ1) is 17.8. The summed E-state index contributed by atoms with van der Waals surface area (Å²) < 4.78 is 39.0. The molecule has 0 radical (unpaired) electrons. The topological polar surface area (TPSA) is 75.9 Å². The molecule has 0 saturated carbocycles. The van der Waals surface area contributed by atoms with E-state index in [2.05, 4.69) is 9.88 Å². The van der Waals surface area contributed by atoms with Gasteiger partial charge in [0.2, 0.25) is 26.6 Å². The van der Waals surface area contributed by atoms with Crippen molar-refractivity contribution in [2.45, 2.75) is 16.8 Å². The van der Waals surface area contributed by atoms with E-state index in [1.54, 1.807) is 36.4 Å². The van der Waals surface area contributed by atoms with Gasteiger partial charge in [0, 0.05) is 47.5 Å². The van der Waals surface area contributed by atoms with Gasteiger partial charge in [-0.15, -0.1) is 0 Å². The molecule has 7 nitrogen and oxygen atoms in total. The Bertz CT molecular complexity index is 1480. The number of sulfone groups is 1. The van der Waals surface area contributed by atoms with Crippen LogP contribution in [0.15, 0.2) is 87.1 Å². The normalized spacial score (nSPS) is 14.1. The van der Waals surface area contributed by atoms with Crippen molar-refractivity contribution in [1.29, 1.82) is 0 Å². The van der Waals surface area contributed by atoms with Gasteiger partial charge in [0.1, 0.15) is 5.75 Å². The van der Waals surface area contributed by atoms with Crippen molar-refractivity contribution in [3.8, 4) is 17.2 Å². The molecule has 192 valence electrons. The molecule has 1 saturated heterocycles. The molecule has 4 aromatic rings. The summed E-state index contributed by atoms with van der Waals surface area (Å²) in [6.07, 6.45) is 0. The van der Waals surface area contributed by atoms with E-state index in [1.165, 1.54) is 12.1 Å². The first kappa shape index (κ1) is 25.4. The van der Waals surface area contributed by atoms with Crippen molar-refractivity contribution >= 4 is 44.6 Å². The van der Waals surface area contributed by atoms with Crippen molar-refractivity contribution in [2.24, 2.45) is 0 Å². The van der Waals surface area contributed by atoms with Crippen molar-refractivity contribution in [3.63, 3.8) is 0 Å². The third-order valence-corrected chi connectivity index (χ3v) is 8.27. The van der Waals surface area contributed by atoms with Gasteiger partial charge in [0.15, 0.2) is 0 Å². The molecule has 0 aliphatic carbocycles. The number of benzene rings is 3. The molecule has 1 aromatic heterocycles. The highest BCUT2D eigenvalue weighted by atomic mass is 35.5. The maximum Gasteiger partial charge on any atom is 0.236 e. The summed E-state index contributed by atoms with van der Waals surface area (Å²) in [7, 11) is -3.97. The standard InChI is InChI=1S/C27H25Cl2N3O4S/c1-2-35-23-10-6-19(7-11-23)25-30-26(37(33,34)24-12-8-20(28)9-13-24)27(36-25)32-16-14-31(15-17-32)22-5-3-4-21(29)18-22/h3-13,18H,2,14-17H2,1H3. The Hall–Kier alpha value is -3.20. The number of rotatable bonds is 7. The molecule has 0 amide bonds. The molecule has 0 bridgehead atoms. The number of anilines is 2. The van der Waals surface area contributed by atoms with Gasteiger partial charge in [-0.1, -0.05) is 29.3 Å². The van der Waals surface area contributed by atoms with Gasteiger partial charge in [0.05, 0.1) is 11.5 Å². The number of ether oxygens (including phenoxy) is 1. The highest BCUT2D eigenvalue weighted by Crippen LogP contribution is 2.36. The smallest absolute Gasteiger partial charge is 0.236 e. The summed E-state index contributed by atoms with van der Waals surface area (Å²) in [6.45, 7) is 4.89. The van der Waals surface area contributed by atoms with Crippen LogP contribution in [0.1, 0.15) is 6.92 Å². The van der Waals surface area contributed by atoms with Gasteiger partial charge in [-0.2, -0.15) is 4.98 Å². The van der Waals surface area contributed by atoms with Crippen molar-refractivity contribution in [2.75, 3.05) is 42.6 Å². The van der Waals surface area contributed by atoms with Crippen LogP contribution in [0.25, 0.3) is 11.5 Å². The summed E-state index contributed by atoms with van der Waals surface area (Å²) in [5, 5.41) is 1.01. The molecule has 5 rings (SSSR count). The van der Waals surface area contributed by atoms with E-state index in [9.17, 15) is 8.42 Å². The lowest BCUT2D eigenvalue weighted by Crippen LogP contribution is -2.46. The number of aromatic nitrogens is 1. The largest absolute Gasteiger partial charge is 0.494 e. The second-order valence-electron chi connectivity index (χ2n) is 8.50. The Labute approximate surface area is 226 Å². The van der Waals surface area contributed by atoms with Crippen LogP contribution in [0.4, 0.5) is 11.6 Å². The van der Waals surface area contributed by atoms with E-state index < -0.39 is 9.84 Å². The quantitative estimate of drug-likeness (QED) is 0.267. The number of nitrogens with zero attached hydrogens (tertiary/aromatic N) is 3. The highest BCUT2D eigenvalue weighted by Gasteiger charge is 2.33. The number of oxazole rings is 1. The zero-order chi connectivity index (χ0) is 26.0. The van der Waals surface area contributed by atoms with E-state index in [4.69, 9.17) is 32.4 Å². The average molecular weight is 558 g/mol. The predicted molar refractivity (Wildman–Crippen MR) is 146 cm³/mol. The minimum Gasteiger partial charge on any atom is -0.494 e. The second-order valence-corrected chi connectivity index (χ2v) is 11.2. The van der Waals surface area contributed by atoms with E-state index in [0.717, 1.165) is 5.69 Å². The molecular formula is C27H25Cl2N3O4S. The lowest BCUT2D eigenvalue weighted by Gasteiger charge is -2.36. The van der Waals surface area contributed by atoms with Crippen molar-refractivity contribution in [1.82, 2.24) is 4.98 Å². The molecule has 37 heavy (non-hydrogen) atoms. The van der Waals surface area contributed by atoms with Crippen LogP contribution in [0.2, 0.25) is 10.0 Å². The lowest BCUT2D eigenvalue weighted by molar-refractivity contribution is 0.340. The monoisotopic (exact) mass is 557 g/mol. The maximum atomic E-state index is 13.7. The summed E-state index contributed by atoms with van der Waals surface area (Å²) in [4.78, 5) is 8.72. The van der Waals surface area contributed by atoms with Crippen LogP contribution in [0.5, 0.6) is 5.75 Å². The fourth-order valence-electron chi connectivity index (χ4n) is 4.22. The Balaban J connectivity index is 1.49. The van der Waals surface area contributed by atoms with Crippen molar-refractivity contribution in [3.05, 3.63) is 82.8 Å². The third kappa shape index (κ3) is 5.42. The van der Waals surface area contributed by atoms with Crippen LogP contribution < -0.4 is 14.5 Å². The van der Waals surface area contributed by atoms with Gasteiger partial charge in [-0.25, -0.2) is 8.42 Å². The number of hydrogen-bond donors (Lipinski definition) is 0. The first-order valence-corrected chi connectivity index (χ1v) is 14.1. The van der Waals surface area contributed by atoms with E-state index in [-0.39, 0.29) is 21.7 Å². The molecule has 1 aliphatic rings. The fraction of sp³-hybridized carbons (Fsp3) is 0.222. The highest BCUT2D eigenvalue weighted by molar-refractivity contribution is 7.91. The molecule has 0 N–H and O–H groups in total. The van der Waals surface area contributed by atoms with Crippen LogP contribution in [-0.4, -0.2) is 46.2 Å². The summed E-state index contributed by atoms with van der Waals surface area (Å²) in [6, 6.07) is 21.0. The maximum absolute atomic E-state index is 13.7. The molecular weight excluding hydrogens is 533 g/mol. The van der Waals surface area contributed by atoms with E-state index in [1.807, 2.05) is 36.1 Å². The predicted octanol–water partition coefficient (Wildman–Crippen LogP) is 6.21. The molecule has 3 aromatic carbocycles. The fourth-order valence-corrected chi connectivity index (χ4v) is 5.85. The van der Waals surface area contributed by atoms with Gasteiger partial charge < -0.3 is 19.0 Å². The molecule has 0 atom stereocenters. The van der Waals surface area contributed by atoms with Gasteiger partial charge >= 0.3 is 0 Å². The Morgan fingerprint density at radius 3 is 2.22 bits per heavy atom. The molecule has 10 heteroatoms. The minimum atomic E-state index is -3.97. The van der Waals surface area contributed by atoms with Gasteiger partial charge in [0.25, 0.3) is 0 Å². The van der Waals surface area contributed by atoms with E-state index >= 15 is 0 Å². The number of piperazine rings is 1. The van der Waals surface area contributed by atoms with Crippen LogP contribution >= 0.6 is 23.2 Å². The Morgan fingerprint density at radius 1 is 0.892 bits per heavy atom. The summed E-state index contributed by atoms with van der Waals surface area (Å²) in [5.41, 5.74) is 1.67. The molecule has 0 unspecified atom stereocenters. The zero-order valence-corrected chi connectivity index (χ0v) is 22.4. The van der Waals surface area contributed by atoms with Crippen molar-refractivity contribution < 1.29 is 17.6 Å². The zero-order valence-electron chi connectivity index (χ0n) is 20.1. The van der Waals surface area contributed by atoms with Gasteiger partial charge in [-0.3, -0.25) is 0 Å². The molecule has 1 aliphatic heterocycles. The van der Waals surface area contributed by atoms with E-state index in [0.29, 0.717) is 54.1 Å². The number of halogens is 2. The SMILES string of the molecule is CCOc1ccc(-c2nc(S(=O)(=O)c3ccc(Cl)cc3)c(N3CCN(c4cccc(Cl)c4)CC3)o2)cc1. The number of hydrogen-bond acceptors (Lipinski definition) is 7. The Morgan fingerprint density at radius 2 is 1.57 bits per heavy atom. The van der Waals surface area contributed by atoms with Crippen LogP contribution in [0.3, 0.4) is 0 Å². The molecule has 0 spiro atoms. The third-order valence-electron chi connectivity index (χ3n) is 6.11. The molecule has 2 heterocycles. The van der Waals surface area contributed by atoms with Gasteiger partial charge in [-0.05, 0) is 73.7 Å².